The molecule has 1 aromatic rings. The summed E-state index contributed by atoms with van der Waals surface area (Å²) in [6.45, 7) is 6.74. The normalized spacial score (nSPS) is 28.6. The third-order valence-electron chi connectivity index (χ3n) is 4.79. The molecular formula is C18H25NO5. The van der Waals surface area contributed by atoms with Crippen molar-refractivity contribution in [3.05, 3.63) is 23.8 Å². The number of carbonyl (C=O) groups excluding carboxylic acids is 1. The van der Waals surface area contributed by atoms with E-state index in [4.69, 9.17) is 18.9 Å². The van der Waals surface area contributed by atoms with E-state index in [1.165, 1.54) is 0 Å². The van der Waals surface area contributed by atoms with Crippen molar-refractivity contribution in [1.82, 2.24) is 4.90 Å². The second-order valence-electron chi connectivity index (χ2n) is 6.79. The highest BCUT2D eigenvalue weighted by molar-refractivity contribution is 5.86. The lowest BCUT2D eigenvalue weighted by Gasteiger charge is -2.48. The van der Waals surface area contributed by atoms with Crippen LogP contribution in [0.4, 0.5) is 0 Å². The lowest BCUT2D eigenvalue weighted by molar-refractivity contribution is -0.179. The maximum atomic E-state index is 12.4. The number of nitrogens with zero attached hydrogens (tertiary/aromatic N) is 1. The standard InChI is InChI=1S/C18H25NO5/c1-11-16(15-10-23-18(2,3)24-15)19(17(11)20)9-12-6-7-13(21-4)8-14(12)22-5/h6-8,11,15-16H,9-10H2,1-5H3/t11-,15-,16-/m0/s1. The fourth-order valence-corrected chi connectivity index (χ4v) is 3.50. The molecule has 2 aliphatic heterocycles. The monoisotopic (exact) mass is 335 g/mol. The van der Waals surface area contributed by atoms with Crippen molar-refractivity contribution < 1.29 is 23.7 Å². The number of hydrogen-bond donors (Lipinski definition) is 0. The van der Waals surface area contributed by atoms with Gasteiger partial charge >= 0.3 is 0 Å². The number of amides is 1. The predicted molar refractivity (Wildman–Crippen MR) is 88.0 cm³/mol. The van der Waals surface area contributed by atoms with E-state index in [1.54, 1.807) is 14.2 Å². The highest BCUT2D eigenvalue weighted by Crippen LogP contribution is 2.38. The fourth-order valence-electron chi connectivity index (χ4n) is 3.50. The Hall–Kier alpha value is -1.79. The highest BCUT2D eigenvalue weighted by atomic mass is 16.7. The Kier molecular flexibility index (Phi) is 4.44. The van der Waals surface area contributed by atoms with Gasteiger partial charge < -0.3 is 23.8 Å². The number of β-lactam (4-membered cyclic amide) rings is 1. The minimum atomic E-state index is -0.591. The quantitative estimate of drug-likeness (QED) is 0.772. The van der Waals surface area contributed by atoms with Gasteiger partial charge in [-0.25, -0.2) is 0 Å². The number of hydrogen-bond acceptors (Lipinski definition) is 5. The van der Waals surface area contributed by atoms with Gasteiger partial charge in [-0.1, -0.05) is 6.92 Å². The SMILES string of the molecule is COc1ccc(CN2C(=O)[C@@H](C)[C@H]2[C@@H]2COC(C)(C)O2)c(OC)c1. The van der Waals surface area contributed by atoms with Crippen LogP contribution in [-0.2, 0) is 20.8 Å². The first-order valence-corrected chi connectivity index (χ1v) is 8.19. The largest absolute Gasteiger partial charge is 0.497 e. The van der Waals surface area contributed by atoms with Gasteiger partial charge in [0.2, 0.25) is 5.91 Å². The molecule has 3 rings (SSSR count). The van der Waals surface area contributed by atoms with Crippen molar-refractivity contribution >= 4 is 5.91 Å². The zero-order chi connectivity index (χ0) is 17.5. The van der Waals surface area contributed by atoms with Crippen LogP contribution in [0.2, 0.25) is 0 Å². The molecule has 0 N–H and O–H groups in total. The van der Waals surface area contributed by atoms with Gasteiger partial charge in [0, 0.05) is 18.2 Å². The summed E-state index contributed by atoms with van der Waals surface area (Å²) in [6, 6.07) is 5.65. The number of likely N-dealkylation sites (tertiary alicyclic amines) is 1. The van der Waals surface area contributed by atoms with E-state index in [-0.39, 0.29) is 24.0 Å². The summed E-state index contributed by atoms with van der Waals surface area (Å²) in [5.41, 5.74) is 0.946. The first kappa shape index (κ1) is 17.0. The lowest BCUT2D eigenvalue weighted by Crippen LogP contribution is -2.64. The molecule has 0 unspecified atom stereocenters. The molecular weight excluding hydrogens is 310 g/mol. The molecule has 6 heteroatoms. The maximum absolute atomic E-state index is 12.4. The number of rotatable bonds is 5. The maximum Gasteiger partial charge on any atom is 0.228 e. The number of carbonyl (C=O) groups is 1. The average molecular weight is 335 g/mol. The van der Waals surface area contributed by atoms with Gasteiger partial charge in [0.1, 0.15) is 17.6 Å². The molecule has 2 saturated heterocycles. The molecule has 3 atom stereocenters. The van der Waals surface area contributed by atoms with Gasteiger partial charge in [0.05, 0.1) is 32.8 Å². The van der Waals surface area contributed by atoms with Crippen molar-refractivity contribution in [2.24, 2.45) is 5.92 Å². The van der Waals surface area contributed by atoms with Crippen LogP contribution in [0.15, 0.2) is 18.2 Å². The molecule has 0 radical (unpaired) electrons. The van der Waals surface area contributed by atoms with Gasteiger partial charge in [-0.15, -0.1) is 0 Å². The van der Waals surface area contributed by atoms with Crippen LogP contribution in [0.3, 0.4) is 0 Å². The fraction of sp³-hybridized carbons (Fsp3) is 0.611. The zero-order valence-electron chi connectivity index (χ0n) is 14.9. The van der Waals surface area contributed by atoms with E-state index in [9.17, 15) is 4.79 Å². The Morgan fingerprint density at radius 2 is 2.04 bits per heavy atom. The number of benzene rings is 1. The summed E-state index contributed by atoms with van der Waals surface area (Å²) in [4.78, 5) is 14.2. The Bertz CT molecular complexity index is 630. The average Bonchev–Trinajstić information content (AvgIpc) is 2.93. The van der Waals surface area contributed by atoms with Crippen LogP contribution < -0.4 is 9.47 Å². The van der Waals surface area contributed by atoms with Crippen LogP contribution in [0.1, 0.15) is 26.3 Å². The highest BCUT2D eigenvalue weighted by Gasteiger charge is 2.52. The topological polar surface area (TPSA) is 57.2 Å². The molecule has 0 aliphatic carbocycles. The summed E-state index contributed by atoms with van der Waals surface area (Å²) >= 11 is 0. The van der Waals surface area contributed by atoms with E-state index < -0.39 is 5.79 Å². The molecule has 1 amide bonds. The summed E-state index contributed by atoms with van der Waals surface area (Å²) < 4.78 is 22.3. The predicted octanol–water partition coefficient (Wildman–Crippen LogP) is 2.20. The van der Waals surface area contributed by atoms with Crippen LogP contribution in [0.5, 0.6) is 11.5 Å². The second-order valence-corrected chi connectivity index (χ2v) is 6.79. The van der Waals surface area contributed by atoms with Crippen molar-refractivity contribution in [2.75, 3.05) is 20.8 Å². The third-order valence-corrected chi connectivity index (χ3v) is 4.79. The van der Waals surface area contributed by atoms with Gasteiger partial charge in [0.25, 0.3) is 0 Å². The summed E-state index contributed by atoms with van der Waals surface area (Å²) in [6.07, 6.45) is -0.100. The molecule has 2 heterocycles. The van der Waals surface area contributed by atoms with Crippen molar-refractivity contribution in [1.29, 1.82) is 0 Å². The molecule has 132 valence electrons. The lowest BCUT2D eigenvalue weighted by atomic mass is 9.84. The van der Waals surface area contributed by atoms with E-state index in [0.717, 1.165) is 11.3 Å². The molecule has 0 aromatic heterocycles. The molecule has 24 heavy (non-hydrogen) atoms. The summed E-state index contributed by atoms with van der Waals surface area (Å²) in [5, 5.41) is 0. The minimum absolute atomic E-state index is 0.0195. The van der Waals surface area contributed by atoms with Gasteiger partial charge in [-0.3, -0.25) is 4.79 Å². The molecule has 0 spiro atoms. The van der Waals surface area contributed by atoms with E-state index in [0.29, 0.717) is 18.9 Å². The van der Waals surface area contributed by atoms with Crippen LogP contribution >= 0.6 is 0 Å². The van der Waals surface area contributed by atoms with Gasteiger partial charge in [-0.05, 0) is 26.0 Å². The first-order chi connectivity index (χ1) is 11.4. The Morgan fingerprint density at radius 3 is 2.62 bits per heavy atom. The van der Waals surface area contributed by atoms with E-state index >= 15 is 0 Å². The molecule has 0 bridgehead atoms. The number of ether oxygens (including phenoxy) is 4. The molecule has 2 fully saturated rings. The number of methoxy groups -OCH3 is 2. The molecule has 2 aliphatic rings. The second kappa shape index (κ2) is 6.26. The van der Waals surface area contributed by atoms with E-state index in [1.807, 2.05) is 43.9 Å². The smallest absolute Gasteiger partial charge is 0.228 e. The minimum Gasteiger partial charge on any atom is -0.497 e. The van der Waals surface area contributed by atoms with Crippen LogP contribution in [0, 0.1) is 5.92 Å². The molecule has 1 aromatic carbocycles. The third kappa shape index (κ3) is 2.96. The Balaban J connectivity index is 1.77. The zero-order valence-corrected chi connectivity index (χ0v) is 14.9. The molecule has 6 nitrogen and oxygen atoms in total. The summed E-state index contributed by atoms with van der Waals surface area (Å²) in [5.74, 6) is 0.920. The van der Waals surface area contributed by atoms with Gasteiger partial charge in [-0.2, -0.15) is 0 Å². The Labute approximate surface area is 142 Å². The Morgan fingerprint density at radius 1 is 1.29 bits per heavy atom. The van der Waals surface area contributed by atoms with Crippen molar-refractivity contribution in [3.8, 4) is 11.5 Å². The van der Waals surface area contributed by atoms with Crippen molar-refractivity contribution in [2.45, 2.75) is 45.2 Å². The molecule has 0 saturated carbocycles. The van der Waals surface area contributed by atoms with E-state index in [2.05, 4.69) is 0 Å². The summed E-state index contributed by atoms with van der Waals surface area (Å²) in [7, 11) is 3.23. The van der Waals surface area contributed by atoms with Crippen molar-refractivity contribution in [3.63, 3.8) is 0 Å². The van der Waals surface area contributed by atoms with Gasteiger partial charge in [0.15, 0.2) is 5.79 Å². The first-order valence-electron chi connectivity index (χ1n) is 8.19. The van der Waals surface area contributed by atoms with Crippen LogP contribution in [-0.4, -0.2) is 49.6 Å². The van der Waals surface area contributed by atoms with Crippen LogP contribution in [0.25, 0.3) is 0 Å².